The Morgan fingerprint density at radius 2 is 1.19 bits per heavy atom. The van der Waals surface area contributed by atoms with Crippen LogP contribution < -0.4 is 0 Å². The Kier molecular flexibility index (Phi) is 12.8. The second-order valence-corrected chi connectivity index (χ2v) is 1.82. The van der Waals surface area contributed by atoms with Crippen LogP contribution in [-0.4, -0.2) is 6.18 Å². The molecule has 0 aliphatic carbocycles. The van der Waals surface area contributed by atoms with Crippen molar-refractivity contribution in [3.05, 3.63) is 37.2 Å². The van der Waals surface area contributed by atoms with Gasteiger partial charge in [-0.05, 0) is 13.5 Å². The molecule has 0 aromatic carbocycles. The van der Waals surface area contributed by atoms with Crippen LogP contribution in [0.4, 0.5) is 35.1 Å². The summed E-state index contributed by atoms with van der Waals surface area (Å²) in [5, 5.41) is 0. The zero-order chi connectivity index (χ0) is 13.9. The van der Waals surface area contributed by atoms with Crippen LogP contribution >= 0.6 is 0 Å². The van der Waals surface area contributed by atoms with Gasteiger partial charge in [-0.1, -0.05) is 6.08 Å². The molecule has 0 unspecified atom stereocenters. The average molecular weight is 256 g/mol. The molecule has 0 saturated heterocycles. The molecule has 0 aliphatic heterocycles. The van der Waals surface area contributed by atoms with E-state index >= 15 is 0 Å². The van der Waals surface area contributed by atoms with Gasteiger partial charge in [-0.15, -0.1) is 6.58 Å². The van der Waals surface area contributed by atoms with E-state index in [1.54, 1.807) is 6.08 Å². The Morgan fingerprint density at radius 1 is 1.00 bits per heavy atom. The van der Waals surface area contributed by atoms with Crippen molar-refractivity contribution in [1.29, 1.82) is 0 Å². The highest BCUT2D eigenvalue weighted by Crippen LogP contribution is 2.29. The molecule has 0 aromatic heterocycles. The Balaban J connectivity index is -0.000000201. The number of alkyl halides is 3. The highest BCUT2D eigenvalue weighted by molar-refractivity contribution is 4.98. The zero-order valence-electron chi connectivity index (χ0n) is 8.02. The zero-order valence-corrected chi connectivity index (χ0v) is 8.02. The predicted octanol–water partition coefficient (Wildman–Crippen LogP) is 5.22. The van der Waals surface area contributed by atoms with Crippen LogP contribution in [0, 0.1) is 0 Å². The van der Waals surface area contributed by atoms with Gasteiger partial charge in [-0.25, -0.2) is 0 Å². The number of allylic oxidation sites excluding steroid dienone is 2. The minimum absolute atomic E-state index is 1.75. The molecule has 0 fully saturated rings. The molecule has 0 radical (unpaired) electrons. The van der Waals surface area contributed by atoms with E-state index in [1.807, 2.05) is 6.92 Å². The first-order valence-corrected chi connectivity index (χ1v) is 3.35. The molecule has 8 heteroatoms. The highest BCUT2D eigenvalue weighted by Gasteiger charge is 2.38. The first-order valence-electron chi connectivity index (χ1n) is 3.35. The number of hydrogen-bond acceptors (Lipinski definition) is 0. The van der Waals surface area contributed by atoms with Crippen molar-refractivity contribution >= 4 is 0 Å². The summed E-state index contributed by atoms with van der Waals surface area (Å²) in [6.07, 6.45) is -8.98. The summed E-state index contributed by atoms with van der Waals surface area (Å²) in [6, 6.07) is 0. The van der Waals surface area contributed by atoms with Crippen LogP contribution in [0.25, 0.3) is 0 Å². The van der Waals surface area contributed by atoms with Crippen molar-refractivity contribution in [2.45, 2.75) is 13.1 Å². The lowest BCUT2D eigenvalue weighted by Crippen LogP contribution is -2.08. The smallest absolute Gasteiger partial charge is 0.196 e. The molecule has 0 atom stereocenters. The highest BCUT2D eigenvalue weighted by atomic mass is 19.4. The van der Waals surface area contributed by atoms with Gasteiger partial charge in [-0.3, -0.25) is 0 Å². The van der Waals surface area contributed by atoms with Gasteiger partial charge in [-0.2, -0.15) is 35.1 Å². The summed E-state index contributed by atoms with van der Waals surface area (Å²) in [5.74, 6) is -3.33. The van der Waals surface area contributed by atoms with Gasteiger partial charge in [0.25, 0.3) is 11.9 Å². The van der Waals surface area contributed by atoms with Crippen LogP contribution in [0.5, 0.6) is 0 Å². The summed E-state index contributed by atoms with van der Waals surface area (Å²) in [5.41, 5.74) is 0. The lowest BCUT2D eigenvalue weighted by Gasteiger charge is -1.98. The van der Waals surface area contributed by atoms with Crippen LogP contribution in [0.1, 0.15) is 6.92 Å². The lowest BCUT2D eigenvalue weighted by atomic mass is 10.6. The van der Waals surface area contributed by atoms with E-state index in [1.165, 1.54) is 0 Å². The molecule has 0 rings (SSSR count). The Morgan fingerprint density at radius 3 is 1.19 bits per heavy atom. The average Bonchev–Trinajstić information content (AvgIpc) is 2.01. The van der Waals surface area contributed by atoms with Crippen LogP contribution in [-0.2, 0) is 0 Å². The van der Waals surface area contributed by atoms with Gasteiger partial charge in [0.1, 0.15) is 0 Å². The number of hydrogen-bond donors (Lipinski definition) is 0. The summed E-state index contributed by atoms with van der Waals surface area (Å²) >= 11 is 0. The van der Waals surface area contributed by atoms with E-state index < -0.39 is 24.2 Å². The van der Waals surface area contributed by atoms with Crippen molar-refractivity contribution < 1.29 is 35.1 Å². The quantitative estimate of drug-likeness (QED) is 0.412. The predicted molar refractivity (Wildman–Crippen MR) is 43.6 cm³/mol. The molecule has 96 valence electrons. The standard InChI is InChI=1S/C3F6.C3H6.C2H2F2/c4-1(2(5)6)3(7,8)9;1-3-2;1-2(3)4/h;3H,1H2,2H3;1H2. The number of halogens is 8. The maximum Gasteiger partial charge on any atom is 0.448 e. The van der Waals surface area contributed by atoms with E-state index in [0.29, 0.717) is 0 Å². The molecule has 0 spiro atoms. The molecule has 0 saturated carbocycles. The van der Waals surface area contributed by atoms with Gasteiger partial charge < -0.3 is 0 Å². The normalized spacial score (nSPS) is 8.81. The van der Waals surface area contributed by atoms with Gasteiger partial charge in [0.15, 0.2) is 0 Å². The fourth-order valence-electron chi connectivity index (χ4n) is 0.107. The van der Waals surface area contributed by atoms with Gasteiger partial charge >= 0.3 is 12.3 Å². The van der Waals surface area contributed by atoms with Crippen molar-refractivity contribution in [2.24, 2.45) is 0 Å². The van der Waals surface area contributed by atoms with E-state index in [-0.39, 0.29) is 0 Å². The van der Waals surface area contributed by atoms with E-state index in [2.05, 4.69) is 13.2 Å². The Hall–Kier alpha value is -1.34. The molecule has 0 N–H and O–H groups in total. The first kappa shape index (κ1) is 20.1. The van der Waals surface area contributed by atoms with Gasteiger partial charge in [0, 0.05) is 0 Å². The Bertz CT molecular complexity index is 229. The van der Waals surface area contributed by atoms with Crippen molar-refractivity contribution in [3.63, 3.8) is 0 Å². The third kappa shape index (κ3) is 23.0. The minimum Gasteiger partial charge on any atom is -0.196 e. The van der Waals surface area contributed by atoms with Gasteiger partial charge in [0.05, 0.1) is 0 Å². The maximum atomic E-state index is 11.0. The summed E-state index contributed by atoms with van der Waals surface area (Å²) in [6.45, 7) is 7.47. The van der Waals surface area contributed by atoms with E-state index in [0.717, 1.165) is 0 Å². The molecular formula is C8H8F8. The Labute approximate surface area is 86.6 Å². The maximum absolute atomic E-state index is 11.0. The third-order valence-electron chi connectivity index (χ3n) is 0.415. The van der Waals surface area contributed by atoms with Gasteiger partial charge in [0.2, 0.25) is 0 Å². The second-order valence-electron chi connectivity index (χ2n) is 1.82. The monoisotopic (exact) mass is 256 g/mol. The molecule has 0 bridgehead atoms. The fraction of sp³-hybridized carbons (Fsp3) is 0.250. The summed E-state index contributed by atoms with van der Waals surface area (Å²) in [7, 11) is 0. The minimum atomic E-state index is -5.56. The summed E-state index contributed by atoms with van der Waals surface area (Å²) in [4.78, 5) is 0. The lowest BCUT2D eigenvalue weighted by molar-refractivity contribution is -0.113. The van der Waals surface area contributed by atoms with Crippen LogP contribution in [0.3, 0.4) is 0 Å². The first-order chi connectivity index (χ1) is 7.00. The number of rotatable bonds is 0. The fourth-order valence-corrected chi connectivity index (χ4v) is 0.107. The molecule has 0 amide bonds. The largest absolute Gasteiger partial charge is 0.448 e. The van der Waals surface area contributed by atoms with Crippen molar-refractivity contribution in [3.8, 4) is 0 Å². The summed E-state index contributed by atoms with van der Waals surface area (Å²) < 4.78 is 85.1. The third-order valence-corrected chi connectivity index (χ3v) is 0.415. The van der Waals surface area contributed by atoms with Crippen molar-refractivity contribution in [1.82, 2.24) is 0 Å². The van der Waals surface area contributed by atoms with E-state index in [9.17, 15) is 35.1 Å². The molecular weight excluding hydrogens is 248 g/mol. The molecule has 0 heterocycles. The molecule has 0 aromatic rings. The van der Waals surface area contributed by atoms with E-state index in [4.69, 9.17) is 0 Å². The second kappa shape index (κ2) is 10.2. The van der Waals surface area contributed by atoms with Crippen molar-refractivity contribution in [2.75, 3.05) is 0 Å². The SMILES string of the molecule is C=C(F)F.C=CC.FC(F)=C(F)C(F)(F)F. The molecule has 0 aliphatic rings. The van der Waals surface area contributed by atoms with Crippen LogP contribution in [0.15, 0.2) is 37.2 Å². The topological polar surface area (TPSA) is 0 Å². The molecule has 16 heavy (non-hydrogen) atoms. The van der Waals surface area contributed by atoms with Crippen LogP contribution in [0.2, 0.25) is 0 Å². The molecule has 0 nitrogen and oxygen atoms in total.